The van der Waals surface area contributed by atoms with Crippen molar-refractivity contribution in [3.63, 3.8) is 0 Å². The molecule has 2 unspecified atom stereocenters. The van der Waals surface area contributed by atoms with Gasteiger partial charge in [0.2, 0.25) is 12.9 Å². The number of esters is 1. The Kier molecular flexibility index (Phi) is 5.49. The van der Waals surface area contributed by atoms with Gasteiger partial charge in [-0.2, -0.15) is 0 Å². The molecule has 0 saturated heterocycles. The summed E-state index contributed by atoms with van der Waals surface area (Å²) in [6, 6.07) is 12.0. The molecular formula is C20H21NO6. The molecule has 2 aromatic carbocycles. The lowest BCUT2D eigenvalue weighted by Crippen LogP contribution is -2.26. The van der Waals surface area contributed by atoms with Crippen molar-refractivity contribution in [2.24, 2.45) is 5.73 Å². The van der Waals surface area contributed by atoms with E-state index in [1.54, 1.807) is 42.5 Å². The zero-order chi connectivity index (χ0) is 19.4. The van der Waals surface area contributed by atoms with Gasteiger partial charge >= 0.3 is 5.97 Å². The topological polar surface area (TPSA) is 97.1 Å². The number of primary amides is 1. The number of carbonyl (C=O) groups is 2. The Morgan fingerprint density at radius 1 is 1.07 bits per heavy atom. The molecule has 142 valence electrons. The molecule has 2 atom stereocenters. The first-order valence-corrected chi connectivity index (χ1v) is 8.56. The average Bonchev–Trinajstić information content (AvgIpc) is 3.15. The van der Waals surface area contributed by atoms with Crippen molar-refractivity contribution in [2.45, 2.75) is 25.4 Å². The second-order valence-corrected chi connectivity index (χ2v) is 6.07. The molecule has 27 heavy (non-hydrogen) atoms. The van der Waals surface area contributed by atoms with Gasteiger partial charge in [-0.3, -0.25) is 9.59 Å². The van der Waals surface area contributed by atoms with Gasteiger partial charge in [-0.25, -0.2) is 0 Å². The van der Waals surface area contributed by atoms with E-state index in [1.807, 2.05) is 6.92 Å². The molecule has 1 amide bonds. The van der Waals surface area contributed by atoms with Gasteiger partial charge in [-0.15, -0.1) is 0 Å². The van der Waals surface area contributed by atoms with Crippen LogP contribution in [0.25, 0.3) is 0 Å². The van der Waals surface area contributed by atoms with E-state index in [0.29, 0.717) is 29.2 Å². The van der Waals surface area contributed by atoms with Crippen LogP contribution in [0.5, 0.6) is 17.2 Å². The van der Waals surface area contributed by atoms with Crippen molar-refractivity contribution >= 4 is 11.9 Å². The molecule has 0 aliphatic carbocycles. The third kappa shape index (κ3) is 3.97. The Morgan fingerprint density at radius 3 is 2.37 bits per heavy atom. The van der Waals surface area contributed by atoms with E-state index in [0.717, 1.165) is 5.56 Å². The molecule has 0 bridgehead atoms. The van der Waals surface area contributed by atoms with Crippen molar-refractivity contribution in [1.82, 2.24) is 0 Å². The molecule has 0 aromatic heterocycles. The summed E-state index contributed by atoms with van der Waals surface area (Å²) in [5.74, 6) is 0.353. The van der Waals surface area contributed by atoms with Gasteiger partial charge in [0, 0.05) is 5.56 Å². The number of nitrogens with two attached hydrogens (primary N) is 1. The fraction of sp³-hybridized carbons (Fsp3) is 0.300. The average molecular weight is 371 g/mol. The van der Waals surface area contributed by atoms with Crippen LogP contribution in [0.1, 0.15) is 36.5 Å². The fourth-order valence-electron chi connectivity index (χ4n) is 2.96. The zero-order valence-corrected chi connectivity index (χ0v) is 15.1. The molecule has 1 aliphatic heterocycles. The molecular weight excluding hydrogens is 350 g/mol. The third-order valence-corrected chi connectivity index (χ3v) is 4.39. The van der Waals surface area contributed by atoms with Gasteiger partial charge in [0.1, 0.15) is 5.75 Å². The van der Waals surface area contributed by atoms with Crippen molar-refractivity contribution in [1.29, 1.82) is 0 Å². The standard InChI is InChI=1S/C20H21NO6/c1-3-15(20(23)24-2)12-4-7-14(8-5-12)27-18(19(21)22)13-6-9-16-17(10-13)26-11-25-16/h4-10,15,18H,3,11H2,1-2H3,(H2,21,22). The van der Waals surface area contributed by atoms with Crippen LogP contribution in [-0.2, 0) is 14.3 Å². The monoisotopic (exact) mass is 371 g/mol. The second kappa shape index (κ2) is 7.99. The van der Waals surface area contributed by atoms with Crippen LogP contribution >= 0.6 is 0 Å². The minimum absolute atomic E-state index is 0.140. The number of carbonyl (C=O) groups excluding carboxylic acids is 2. The normalized spacial score (nSPS) is 14.3. The highest BCUT2D eigenvalue weighted by Crippen LogP contribution is 2.35. The molecule has 1 aliphatic rings. The maximum Gasteiger partial charge on any atom is 0.313 e. The van der Waals surface area contributed by atoms with Crippen molar-refractivity contribution < 1.29 is 28.5 Å². The van der Waals surface area contributed by atoms with Gasteiger partial charge < -0.3 is 24.7 Å². The van der Waals surface area contributed by atoms with E-state index in [-0.39, 0.29) is 18.7 Å². The van der Waals surface area contributed by atoms with Crippen LogP contribution in [0.2, 0.25) is 0 Å². The van der Waals surface area contributed by atoms with E-state index < -0.39 is 12.0 Å². The Bertz CT molecular complexity index is 833. The third-order valence-electron chi connectivity index (χ3n) is 4.39. The molecule has 2 aromatic rings. The highest BCUT2D eigenvalue weighted by atomic mass is 16.7. The highest BCUT2D eigenvalue weighted by Gasteiger charge is 2.24. The van der Waals surface area contributed by atoms with E-state index >= 15 is 0 Å². The van der Waals surface area contributed by atoms with E-state index in [1.165, 1.54) is 7.11 Å². The van der Waals surface area contributed by atoms with Crippen molar-refractivity contribution in [3.8, 4) is 17.2 Å². The molecule has 0 spiro atoms. The van der Waals surface area contributed by atoms with E-state index in [2.05, 4.69) is 0 Å². The van der Waals surface area contributed by atoms with Crippen LogP contribution in [0.15, 0.2) is 42.5 Å². The lowest BCUT2D eigenvalue weighted by molar-refractivity contribution is -0.142. The minimum Gasteiger partial charge on any atom is -0.476 e. The number of amides is 1. The molecule has 7 heteroatoms. The number of hydrogen-bond acceptors (Lipinski definition) is 6. The number of fused-ring (bicyclic) bond motifs is 1. The number of hydrogen-bond donors (Lipinski definition) is 1. The van der Waals surface area contributed by atoms with Crippen molar-refractivity contribution in [2.75, 3.05) is 13.9 Å². The Hall–Kier alpha value is -3.22. The van der Waals surface area contributed by atoms with E-state index in [9.17, 15) is 9.59 Å². The predicted octanol–water partition coefficient (Wildman–Crippen LogP) is 2.69. The Balaban J connectivity index is 1.79. The second-order valence-electron chi connectivity index (χ2n) is 6.07. The van der Waals surface area contributed by atoms with Crippen LogP contribution in [0.4, 0.5) is 0 Å². The summed E-state index contributed by atoms with van der Waals surface area (Å²) in [6.07, 6.45) is -0.360. The summed E-state index contributed by atoms with van der Waals surface area (Å²) in [5, 5.41) is 0. The van der Waals surface area contributed by atoms with Gasteiger partial charge in [-0.1, -0.05) is 25.1 Å². The molecule has 1 heterocycles. The number of benzene rings is 2. The summed E-state index contributed by atoms with van der Waals surface area (Å²) in [6.45, 7) is 2.05. The zero-order valence-electron chi connectivity index (χ0n) is 15.1. The van der Waals surface area contributed by atoms with Crippen LogP contribution in [-0.4, -0.2) is 25.8 Å². The first-order valence-electron chi connectivity index (χ1n) is 8.56. The van der Waals surface area contributed by atoms with Crippen LogP contribution < -0.4 is 19.9 Å². The first-order chi connectivity index (χ1) is 13.0. The van der Waals surface area contributed by atoms with Crippen LogP contribution in [0.3, 0.4) is 0 Å². The van der Waals surface area contributed by atoms with Crippen molar-refractivity contribution in [3.05, 3.63) is 53.6 Å². The summed E-state index contributed by atoms with van der Waals surface area (Å²) < 4.78 is 21.2. The first kappa shape index (κ1) is 18.6. The molecule has 2 N–H and O–H groups in total. The minimum atomic E-state index is -0.979. The maximum absolute atomic E-state index is 11.9. The molecule has 7 nitrogen and oxygen atoms in total. The van der Waals surface area contributed by atoms with E-state index in [4.69, 9.17) is 24.7 Å². The summed E-state index contributed by atoms with van der Waals surface area (Å²) in [4.78, 5) is 23.8. The van der Waals surface area contributed by atoms with Crippen LogP contribution in [0, 0.1) is 0 Å². The van der Waals surface area contributed by atoms with Gasteiger partial charge in [0.15, 0.2) is 11.5 Å². The fourth-order valence-corrected chi connectivity index (χ4v) is 2.96. The maximum atomic E-state index is 11.9. The number of methoxy groups -OCH3 is 1. The SMILES string of the molecule is CCC(C(=O)OC)c1ccc(OC(C(N)=O)c2ccc3c(c2)OCO3)cc1. The lowest BCUT2D eigenvalue weighted by Gasteiger charge is -2.18. The van der Waals surface area contributed by atoms with Gasteiger partial charge in [0.05, 0.1) is 13.0 Å². The molecule has 0 saturated carbocycles. The quantitative estimate of drug-likeness (QED) is 0.752. The smallest absolute Gasteiger partial charge is 0.313 e. The number of ether oxygens (including phenoxy) is 4. The lowest BCUT2D eigenvalue weighted by atomic mass is 9.96. The molecule has 0 fully saturated rings. The van der Waals surface area contributed by atoms with Gasteiger partial charge in [-0.05, 0) is 36.2 Å². The Morgan fingerprint density at radius 2 is 1.74 bits per heavy atom. The summed E-state index contributed by atoms with van der Waals surface area (Å²) in [5.41, 5.74) is 6.90. The number of rotatable bonds is 7. The summed E-state index contributed by atoms with van der Waals surface area (Å²) >= 11 is 0. The Labute approximate surface area is 157 Å². The molecule has 3 rings (SSSR count). The van der Waals surface area contributed by atoms with Gasteiger partial charge in [0.25, 0.3) is 5.91 Å². The largest absolute Gasteiger partial charge is 0.476 e. The summed E-state index contributed by atoms with van der Waals surface area (Å²) in [7, 11) is 1.37. The predicted molar refractivity (Wildman–Crippen MR) is 96.6 cm³/mol. The molecule has 0 radical (unpaired) electrons. The highest BCUT2D eigenvalue weighted by molar-refractivity contribution is 5.81.